The van der Waals surface area contributed by atoms with Crippen LogP contribution in [0.1, 0.15) is 23.3 Å². The summed E-state index contributed by atoms with van der Waals surface area (Å²) in [6.07, 6.45) is 2.41. The number of hydrogen-bond donors (Lipinski definition) is 2. The van der Waals surface area contributed by atoms with Crippen LogP contribution in [-0.2, 0) is 0 Å². The zero-order valence-electron chi connectivity index (χ0n) is 7.58. The molecular weight excluding hydrogens is 182 g/mol. The van der Waals surface area contributed by atoms with Gasteiger partial charge in [-0.2, -0.15) is 0 Å². The normalized spacial score (nSPS) is 17.5. The second-order valence-electron chi connectivity index (χ2n) is 3.30. The van der Waals surface area contributed by atoms with Crippen molar-refractivity contribution in [3.63, 3.8) is 0 Å². The van der Waals surface area contributed by atoms with Gasteiger partial charge in [-0.25, -0.2) is 5.84 Å². The Morgan fingerprint density at radius 3 is 2.92 bits per heavy atom. The van der Waals surface area contributed by atoms with Gasteiger partial charge in [-0.1, -0.05) is 0 Å². The van der Waals surface area contributed by atoms with Crippen LogP contribution in [0.4, 0.5) is 0 Å². The number of nitrogens with two attached hydrogens (primary N) is 1. The zero-order chi connectivity index (χ0) is 9.26. The number of hydrazine groups is 1. The molecule has 0 aromatic carbocycles. The van der Waals surface area contributed by atoms with Gasteiger partial charge in [0.15, 0.2) is 0 Å². The van der Waals surface area contributed by atoms with Gasteiger partial charge in [-0.3, -0.25) is 4.99 Å². The third-order valence-corrected chi connectivity index (χ3v) is 2.86. The van der Waals surface area contributed by atoms with E-state index in [4.69, 9.17) is 5.84 Å². The predicted octanol–water partition coefficient (Wildman–Crippen LogP) is 1.43. The lowest BCUT2D eigenvalue weighted by molar-refractivity contribution is 0.972. The highest BCUT2D eigenvalue weighted by molar-refractivity contribution is 7.10. The van der Waals surface area contributed by atoms with Crippen molar-refractivity contribution in [3.05, 3.63) is 21.9 Å². The van der Waals surface area contributed by atoms with E-state index in [-0.39, 0.29) is 0 Å². The van der Waals surface area contributed by atoms with Crippen LogP contribution >= 0.6 is 11.3 Å². The van der Waals surface area contributed by atoms with Gasteiger partial charge >= 0.3 is 0 Å². The molecule has 1 aliphatic carbocycles. The molecule has 3 nitrogen and oxygen atoms in total. The Hall–Kier alpha value is -0.870. The van der Waals surface area contributed by atoms with Gasteiger partial charge in [-0.05, 0) is 25.8 Å². The smallest absolute Gasteiger partial charge is 0.143 e. The summed E-state index contributed by atoms with van der Waals surface area (Å²) >= 11 is 1.72. The number of aryl methyl sites for hydroxylation is 1. The monoisotopic (exact) mass is 195 g/mol. The molecule has 2 rings (SSSR count). The number of amidine groups is 1. The Kier molecular flexibility index (Phi) is 2.33. The fourth-order valence-corrected chi connectivity index (χ4v) is 1.84. The van der Waals surface area contributed by atoms with Crippen LogP contribution in [0.5, 0.6) is 0 Å². The van der Waals surface area contributed by atoms with Crippen molar-refractivity contribution in [3.8, 4) is 0 Å². The van der Waals surface area contributed by atoms with Gasteiger partial charge in [0.1, 0.15) is 5.84 Å². The summed E-state index contributed by atoms with van der Waals surface area (Å²) in [6, 6.07) is 2.61. The van der Waals surface area contributed by atoms with Gasteiger partial charge in [0.25, 0.3) is 0 Å². The fourth-order valence-electron chi connectivity index (χ4n) is 1.15. The van der Waals surface area contributed by atoms with Crippen LogP contribution < -0.4 is 11.3 Å². The first kappa shape index (κ1) is 8.72. The molecule has 1 fully saturated rings. The first-order valence-corrected chi connectivity index (χ1v) is 5.27. The van der Waals surface area contributed by atoms with Crippen LogP contribution in [0.25, 0.3) is 0 Å². The van der Waals surface area contributed by atoms with Crippen molar-refractivity contribution < 1.29 is 0 Å². The molecule has 3 N–H and O–H groups in total. The predicted molar refractivity (Wildman–Crippen MR) is 55.9 cm³/mol. The second kappa shape index (κ2) is 3.47. The third-order valence-electron chi connectivity index (χ3n) is 2.00. The maximum atomic E-state index is 5.41. The molecule has 0 amide bonds. The fraction of sp³-hybridized carbons (Fsp3) is 0.444. The highest BCUT2D eigenvalue weighted by atomic mass is 32.1. The van der Waals surface area contributed by atoms with Gasteiger partial charge in [0.2, 0.25) is 0 Å². The molecule has 4 heteroatoms. The van der Waals surface area contributed by atoms with Crippen LogP contribution in [-0.4, -0.2) is 11.9 Å². The van der Waals surface area contributed by atoms with Crippen LogP contribution in [0.15, 0.2) is 16.4 Å². The Balaban J connectivity index is 2.20. The molecule has 1 aromatic rings. The van der Waals surface area contributed by atoms with Crippen molar-refractivity contribution in [1.29, 1.82) is 0 Å². The molecule has 0 radical (unpaired) electrons. The van der Waals surface area contributed by atoms with E-state index in [9.17, 15) is 0 Å². The van der Waals surface area contributed by atoms with Crippen molar-refractivity contribution in [2.75, 3.05) is 0 Å². The highest BCUT2D eigenvalue weighted by Gasteiger charge is 2.21. The average molecular weight is 195 g/mol. The molecule has 0 aliphatic heterocycles. The van der Waals surface area contributed by atoms with Crippen LogP contribution in [0, 0.1) is 6.92 Å². The molecule has 13 heavy (non-hydrogen) atoms. The number of rotatable bonds is 2. The topological polar surface area (TPSA) is 50.4 Å². The summed E-state index contributed by atoms with van der Waals surface area (Å²) in [7, 11) is 0. The van der Waals surface area contributed by atoms with E-state index >= 15 is 0 Å². The Morgan fingerprint density at radius 2 is 2.46 bits per heavy atom. The van der Waals surface area contributed by atoms with Crippen LogP contribution in [0.2, 0.25) is 0 Å². The lowest BCUT2D eigenvalue weighted by atomic mass is 10.3. The second-order valence-corrected chi connectivity index (χ2v) is 4.41. The van der Waals surface area contributed by atoms with E-state index in [0.29, 0.717) is 6.04 Å². The van der Waals surface area contributed by atoms with Crippen molar-refractivity contribution in [2.45, 2.75) is 25.8 Å². The Morgan fingerprint density at radius 1 is 1.69 bits per heavy atom. The molecule has 1 saturated carbocycles. The Labute approximate surface area is 81.6 Å². The molecule has 1 aliphatic rings. The van der Waals surface area contributed by atoms with E-state index in [2.05, 4.69) is 28.8 Å². The number of thiophene rings is 1. The Bertz CT molecular complexity index is 325. The molecule has 0 bridgehead atoms. The molecule has 1 heterocycles. The summed E-state index contributed by atoms with van der Waals surface area (Å²) in [4.78, 5) is 5.76. The summed E-state index contributed by atoms with van der Waals surface area (Å²) < 4.78 is 0. The molecule has 0 spiro atoms. The number of nitrogens with one attached hydrogen (secondary N) is 1. The van der Waals surface area contributed by atoms with E-state index in [1.807, 2.05) is 0 Å². The SMILES string of the molecule is Cc1cc(C(=NC2CC2)NN)cs1. The maximum absolute atomic E-state index is 5.41. The third kappa shape index (κ3) is 2.08. The number of nitrogens with zero attached hydrogens (tertiary/aromatic N) is 1. The first-order valence-electron chi connectivity index (χ1n) is 4.39. The molecule has 1 aromatic heterocycles. The summed E-state index contributed by atoms with van der Waals surface area (Å²) in [6.45, 7) is 2.08. The largest absolute Gasteiger partial charge is 0.308 e. The molecular formula is C9H13N3S. The van der Waals surface area contributed by atoms with Crippen molar-refractivity contribution in [1.82, 2.24) is 5.43 Å². The summed E-state index contributed by atoms with van der Waals surface area (Å²) in [5, 5.41) is 2.08. The highest BCUT2D eigenvalue weighted by Crippen LogP contribution is 2.24. The summed E-state index contributed by atoms with van der Waals surface area (Å²) in [5.41, 5.74) is 3.77. The van der Waals surface area contributed by atoms with Gasteiger partial charge in [-0.15, -0.1) is 11.3 Å². The average Bonchev–Trinajstić information content (AvgIpc) is 2.84. The van der Waals surface area contributed by atoms with E-state index < -0.39 is 0 Å². The van der Waals surface area contributed by atoms with E-state index in [1.54, 1.807) is 11.3 Å². The minimum Gasteiger partial charge on any atom is -0.308 e. The van der Waals surface area contributed by atoms with Crippen LogP contribution in [0.3, 0.4) is 0 Å². The minimum atomic E-state index is 0.506. The molecule has 0 unspecified atom stereocenters. The quantitative estimate of drug-likeness (QED) is 0.324. The lowest BCUT2D eigenvalue weighted by Gasteiger charge is -2.01. The zero-order valence-corrected chi connectivity index (χ0v) is 8.40. The maximum Gasteiger partial charge on any atom is 0.143 e. The number of aliphatic imine (C=N–C) groups is 1. The van der Waals surface area contributed by atoms with Gasteiger partial charge in [0.05, 0.1) is 6.04 Å². The number of hydrogen-bond acceptors (Lipinski definition) is 3. The molecule has 0 saturated heterocycles. The molecule has 70 valence electrons. The van der Waals surface area contributed by atoms with Gasteiger partial charge < -0.3 is 5.43 Å². The first-order chi connectivity index (χ1) is 6.29. The summed E-state index contributed by atoms with van der Waals surface area (Å²) in [5.74, 6) is 6.24. The van der Waals surface area contributed by atoms with Crippen molar-refractivity contribution >= 4 is 17.2 Å². The van der Waals surface area contributed by atoms with Gasteiger partial charge in [0, 0.05) is 15.8 Å². The van der Waals surface area contributed by atoms with Crippen molar-refractivity contribution in [2.24, 2.45) is 10.8 Å². The van der Waals surface area contributed by atoms with E-state index in [1.165, 1.54) is 17.7 Å². The standard InChI is InChI=1S/C9H13N3S/c1-6-4-7(5-13-6)9(12-10)11-8-2-3-8/h4-5,8H,2-3,10H2,1H3,(H,11,12). The molecule has 0 atom stereocenters. The minimum absolute atomic E-state index is 0.506. The lowest BCUT2D eigenvalue weighted by Crippen LogP contribution is -2.31. The van der Waals surface area contributed by atoms with E-state index in [0.717, 1.165) is 11.4 Å².